The van der Waals surface area contributed by atoms with Gasteiger partial charge >= 0.3 is 0 Å². The van der Waals surface area contributed by atoms with Crippen molar-refractivity contribution in [1.82, 2.24) is 14.9 Å². The van der Waals surface area contributed by atoms with E-state index in [2.05, 4.69) is 10.3 Å². The van der Waals surface area contributed by atoms with Crippen LogP contribution >= 0.6 is 0 Å². The fourth-order valence-electron chi connectivity index (χ4n) is 2.31. The van der Waals surface area contributed by atoms with Crippen LogP contribution in [0, 0.1) is 0 Å². The topological polar surface area (TPSA) is 56.2 Å². The van der Waals surface area contributed by atoms with Gasteiger partial charge in [-0.2, -0.15) is 0 Å². The van der Waals surface area contributed by atoms with Crippen LogP contribution < -0.4 is 10.1 Å². The van der Waals surface area contributed by atoms with E-state index in [4.69, 9.17) is 4.74 Å². The number of nitrogens with one attached hydrogen (secondary N) is 1. The molecule has 1 amide bonds. The quantitative estimate of drug-likeness (QED) is 0.841. The summed E-state index contributed by atoms with van der Waals surface area (Å²) in [4.78, 5) is 16.0. The van der Waals surface area contributed by atoms with Gasteiger partial charge < -0.3 is 14.6 Å². The molecule has 5 nitrogen and oxygen atoms in total. The van der Waals surface area contributed by atoms with E-state index in [-0.39, 0.29) is 5.91 Å². The summed E-state index contributed by atoms with van der Waals surface area (Å²) in [5.41, 5.74) is 1.83. The van der Waals surface area contributed by atoms with Crippen molar-refractivity contribution in [3.63, 3.8) is 0 Å². The van der Waals surface area contributed by atoms with E-state index in [1.165, 1.54) is 0 Å². The lowest BCUT2D eigenvalue weighted by Gasteiger charge is -2.07. The van der Waals surface area contributed by atoms with E-state index >= 15 is 0 Å². The van der Waals surface area contributed by atoms with Crippen LogP contribution in [0.4, 0.5) is 0 Å². The lowest BCUT2D eigenvalue weighted by Crippen LogP contribution is -2.25. The molecule has 1 aliphatic heterocycles. The van der Waals surface area contributed by atoms with Crippen molar-refractivity contribution in [3.05, 3.63) is 48.0 Å². The van der Waals surface area contributed by atoms with Crippen molar-refractivity contribution in [2.45, 2.75) is 19.4 Å². The van der Waals surface area contributed by atoms with Gasteiger partial charge in [-0.1, -0.05) is 0 Å². The summed E-state index contributed by atoms with van der Waals surface area (Å²) in [7, 11) is 0. The molecule has 2 aromatic rings. The molecule has 0 fully saturated rings. The minimum atomic E-state index is -0.0228. The summed E-state index contributed by atoms with van der Waals surface area (Å²) >= 11 is 0. The van der Waals surface area contributed by atoms with Gasteiger partial charge in [-0.15, -0.1) is 0 Å². The first-order valence-corrected chi connectivity index (χ1v) is 6.82. The number of aromatic nitrogens is 2. The Morgan fingerprint density at radius 3 is 3.25 bits per heavy atom. The molecule has 0 atom stereocenters. The minimum absolute atomic E-state index is 0.0228. The molecule has 0 spiro atoms. The fraction of sp³-hybridized carbons (Fsp3) is 0.333. The minimum Gasteiger partial charge on any atom is -0.493 e. The molecule has 1 N–H and O–H groups in total. The molecule has 0 saturated carbocycles. The number of carbonyl (C=O) groups is 1. The fourth-order valence-corrected chi connectivity index (χ4v) is 2.31. The maximum Gasteiger partial charge on any atom is 0.251 e. The Hall–Kier alpha value is -2.30. The van der Waals surface area contributed by atoms with Crippen molar-refractivity contribution in [3.8, 4) is 5.75 Å². The summed E-state index contributed by atoms with van der Waals surface area (Å²) in [6.07, 6.45) is 7.23. The Balaban J connectivity index is 1.49. The number of rotatable bonds is 5. The van der Waals surface area contributed by atoms with Crippen LogP contribution in [0.25, 0.3) is 0 Å². The standard InChI is InChI=1S/C15H17N3O2/c19-15(17-5-1-7-18-8-6-16-11-18)13-2-3-14-12(10-13)4-9-20-14/h2-3,6,8,10-11H,1,4-5,7,9H2,(H,17,19). The highest BCUT2D eigenvalue weighted by atomic mass is 16.5. The molecular formula is C15H17N3O2. The van der Waals surface area contributed by atoms with Crippen molar-refractivity contribution in [2.75, 3.05) is 13.2 Å². The molecule has 20 heavy (non-hydrogen) atoms. The predicted molar refractivity (Wildman–Crippen MR) is 74.8 cm³/mol. The average Bonchev–Trinajstić information content (AvgIpc) is 3.13. The van der Waals surface area contributed by atoms with Gasteiger partial charge in [-0.3, -0.25) is 4.79 Å². The second kappa shape index (κ2) is 5.77. The molecule has 104 valence electrons. The Bertz CT molecular complexity index is 593. The van der Waals surface area contributed by atoms with Crippen molar-refractivity contribution >= 4 is 5.91 Å². The molecule has 5 heteroatoms. The number of benzene rings is 1. The summed E-state index contributed by atoms with van der Waals surface area (Å²) in [5.74, 6) is 0.881. The molecule has 3 rings (SSSR count). The number of hydrogen-bond donors (Lipinski definition) is 1. The zero-order valence-electron chi connectivity index (χ0n) is 11.2. The van der Waals surface area contributed by atoms with Gasteiger partial charge in [-0.05, 0) is 30.2 Å². The number of fused-ring (bicyclic) bond motifs is 1. The number of aryl methyl sites for hydroxylation is 1. The first-order valence-electron chi connectivity index (χ1n) is 6.82. The number of amides is 1. The van der Waals surface area contributed by atoms with Crippen LogP contribution in [0.2, 0.25) is 0 Å². The molecule has 1 aliphatic rings. The molecule has 0 saturated heterocycles. The number of imidazole rings is 1. The van der Waals surface area contributed by atoms with E-state index in [1.807, 2.05) is 29.0 Å². The molecule has 0 aliphatic carbocycles. The maximum atomic E-state index is 12.0. The molecule has 0 unspecified atom stereocenters. The zero-order valence-corrected chi connectivity index (χ0v) is 11.2. The lowest BCUT2D eigenvalue weighted by atomic mass is 10.1. The zero-order chi connectivity index (χ0) is 13.8. The second-order valence-corrected chi connectivity index (χ2v) is 4.83. The third-order valence-electron chi connectivity index (χ3n) is 3.39. The third-order valence-corrected chi connectivity index (χ3v) is 3.39. The normalized spacial score (nSPS) is 12.8. The molecule has 0 bridgehead atoms. The monoisotopic (exact) mass is 271 g/mol. The van der Waals surface area contributed by atoms with Crippen LogP contribution in [0.5, 0.6) is 5.75 Å². The molecule has 2 heterocycles. The van der Waals surface area contributed by atoms with Crippen LogP contribution in [-0.4, -0.2) is 28.6 Å². The summed E-state index contributed by atoms with van der Waals surface area (Å²) in [6.45, 7) is 2.23. The number of hydrogen-bond acceptors (Lipinski definition) is 3. The Morgan fingerprint density at radius 2 is 2.40 bits per heavy atom. The van der Waals surface area contributed by atoms with Gasteiger partial charge in [0.1, 0.15) is 5.75 Å². The molecular weight excluding hydrogens is 254 g/mol. The first-order chi connectivity index (χ1) is 9.83. The van der Waals surface area contributed by atoms with Crippen LogP contribution in [-0.2, 0) is 13.0 Å². The molecule has 1 aromatic carbocycles. The summed E-state index contributed by atoms with van der Waals surface area (Å²) < 4.78 is 7.43. The molecule has 1 aromatic heterocycles. The Kier molecular flexibility index (Phi) is 3.67. The highest BCUT2D eigenvalue weighted by molar-refractivity contribution is 5.94. The smallest absolute Gasteiger partial charge is 0.251 e. The van der Waals surface area contributed by atoms with Crippen LogP contribution in [0.3, 0.4) is 0 Å². The van der Waals surface area contributed by atoms with E-state index < -0.39 is 0 Å². The van der Waals surface area contributed by atoms with Gasteiger partial charge in [0.25, 0.3) is 5.91 Å². The van der Waals surface area contributed by atoms with E-state index in [9.17, 15) is 4.79 Å². The maximum absolute atomic E-state index is 12.0. The van der Waals surface area contributed by atoms with E-state index in [0.717, 1.165) is 30.7 Å². The van der Waals surface area contributed by atoms with Crippen LogP contribution in [0.1, 0.15) is 22.3 Å². The van der Waals surface area contributed by atoms with Crippen molar-refractivity contribution in [1.29, 1.82) is 0 Å². The number of ether oxygens (including phenoxy) is 1. The van der Waals surface area contributed by atoms with Gasteiger partial charge in [0, 0.05) is 37.5 Å². The average molecular weight is 271 g/mol. The van der Waals surface area contributed by atoms with E-state index in [1.54, 1.807) is 12.5 Å². The largest absolute Gasteiger partial charge is 0.493 e. The van der Waals surface area contributed by atoms with Gasteiger partial charge in [0.05, 0.1) is 12.9 Å². The Labute approximate surface area is 117 Å². The van der Waals surface area contributed by atoms with Gasteiger partial charge in [0.2, 0.25) is 0 Å². The Morgan fingerprint density at radius 1 is 1.45 bits per heavy atom. The predicted octanol–water partition coefficient (Wildman–Crippen LogP) is 1.64. The number of carbonyl (C=O) groups excluding carboxylic acids is 1. The summed E-state index contributed by atoms with van der Waals surface area (Å²) in [6, 6.07) is 5.62. The highest BCUT2D eigenvalue weighted by Crippen LogP contribution is 2.25. The van der Waals surface area contributed by atoms with Crippen molar-refractivity contribution in [2.24, 2.45) is 0 Å². The lowest BCUT2D eigenvalue weighted by molar-refractivity contribution is 0.0952. The third kappa shape index (κ3) is 2.82. The summed E-state index contributed by atoms with van der Waals surface area (Å²) in [5, 5.41) is 2.94. The second-order valence-electron chi connectivity index (χ2n) is 4.83. The first kappa shape index (κ1) is 12.7. The van der Waals surface area contributed by atoms with E-state index in [0.29, 0.717) is 18.7 Å². The number of nitrogens with zero attached hydrogens (tertiary/aromatic N) is 2. The van der Waals surface area contributed by atoms with Gasteiger partial charge in [-0.25, -0.2) is 4.98 Å². The van der Waals surface area contributed by atoms with Crippen LogP contribution in [0.15, 0.2) is 36.9 Å². The SMILES string of the molecule is O=C(NCCCn1ccnc1)c1ccc2c(c1)CCO2. The molecule has 0 radical (unpaired) electrons. The van der Waals surface area contributed by atoms with Crippen molar-refractivity contribution < 1.29 is 9.53 Å². The highest BCUT2D eigenvalue weighted by Gasteiger charge is 2.14. The van der Waals surface area contributed by atoms with Gasteiger partial charge in [0.15, 0.2) is 0 Å².